The van der Waals surface area contributed by atoms with Crippen molar-refractivity contribution < 1.29 is 9.53 Å². The fraction of sp³-hybridized carbons (Fsp3) is 0.692. The van der Waals surface area contributed by atoms with Gasteiger partial charge >= 0.3 is 6.09 Å². The van der Waals surface area contributed by atoms with E-state index in [2.05, 4.69) is 20.6 Å². The number of aromatic nitrogens is 2. The van der Waals surface area contributed by atoms with Crippen molar-refractivity contribution >= 4 is 6.09 Å². The molecule has 1 heterocycles. The number of nitrogens with one attached hydrogen (secondary N) is 3. The third-order valence-corrected chi connectivity index (χ3v) is 2.39. The standard InChI is InChI=1S/C13H24N4O2/c1-10(7-16-12(18)19-13(2,3)4)15-6-5-11-8-14-9-17-11/h8-10,15H,5-7H2,1-4H3,(H,14,17)(H,16,18). The van der Waals surface area contributed by atoms with E-state index in [0.717, 1.165) is 18.7 Å². The van der Waals surface area contributed by atoms with Gasteiger partial charge in [-0.2, -0.15) is 0 Å². The Bertz CT molecular complexity index is 370. The van der Waals surface area contributed by atoms with Gasteiger partial charge in [-0.25, -0.2) is 9.78 Å². The van der Waals surface area contributed by atoms with Gasteiger partial charge in [-0.05, 0) is 27.7 Å². The summed E-state index contributed by atoms with van der Waals surface area (Å²) in [5.41, 5.74) is 0.640. The van der Waals surface area contributed by atoms with Crippen molar-refractivity contribution in [1.29, 1.82) is 0 Å². The molecule has 0 aromatic carbocycles. The van der Waals surface area contributed by atoms with E-state index < -0.39 is 5.60 Å². The number of rotatable bonds is 6. The van der Waals surface area contributed by atoms with Crippen molar-refractivity contribution in [3.8, 4) is 0 Å². The first kappa shape index (κ1) is 15.5. The van der Waals surface area contributed by atoms with Crippen LogP contribution in [-0.4, -0.2) is 40.8 Å². The molecule has 1 rings (SSSR count). The first-order chi connectivity index (χ1) is 8.87. The van der Waals surface area contributed by atoms with Crippen molar-refractivity contribution in [2.75, 3.05) is 13.1 Å². The van der Waals surface area contributed by atoms with Crippen LogP contribution >= 0.6 is 0 Å². The van der Waals surface area contributed by atoms with Crippen molar-refractivity contribution in [1.82, 2.24) is 20.6 Å². The van der Waals surface area contributed by atoms with E-state index >= 15 is 0 Å². The zero-order valence-electron chi connectivity index (χ0n) is 12.1. The van der Waals surface area contributed by atoms with Crippen LogP contribution in [-0.2, 0) is 11.2 Å². The highest BCUT2D eigenvalue weighted by atomic mass is 16.6. The minimum atomic E-state index is -0.457. The Balaban J connectivity index is 2.10. The Morgan fingerprint density at radius 2 is 2.26 bits per heavy atom. The monoisotopic (exact) mass is 268 g/mol. The number of aromatic amines is 1. The van der Waals surface area contributed by atoms with Crippen LogP contribution in [0.2, 0.25) is 0 Å². The molecule has 0 fully saturated rings. The quantitative estimate of drug-likeness (QED) is 0.729. The van der Waals surface area contributed by atoms with Crippen LogP contribution in [0.15, 0.2) is 12.5 Å². The topological polar surface area (TPSA) is 79.0 Å². The van der Waals surface area contributed by atoms with Crippen LogP contribution in [0.25, 0.3) is 0 Å². The van der Waals surface area contributed by atoms with E-state index in [1.165, 1.54) is 0 Å². The Morgan fingerprint density at radius 1 is 1.53 bits per heavy atom. The maximum Gasteiger partial charge on any atom is 0.407 e. The minimum absolute atomic E-state index is 0.190. The molecule has 1 unspecified atom stereocenters. The van der Waals surface area contributed by atoms with Crippen LogP contribution in [0.4, 0.5) is 4.79 Å². The molecule has 1 aromatic rings. The van der Waals surface area contributed by atoms with Crippen molar-refractivity contribution in [3.05, 3.63) is 18.2 Å². The Hall–Kier alpha value is -1.56. The van der Waals surface area contributed by atoms with Gasteiger partial charge in [0, 0.05) is 37.4 Å². The van der Waals surface area contributed by atoms with E-state index in [4.69, 9.17) is 4.74 Å². The second kappa shape index (κ2) is 7.13. The number of H-pyrrole nitrogens is 1. The van der Waals surface area contributed by atoms with Crippen molar-refractivity contribution in [2.24, 2.45) is 0 Å². The molecule has 1 atom stereocenters. The van der Waals surface area contributed by atoms with Gasteiger partial charge in [0.25, 0.3) is 0 Å². The number of alkyl carbamates (subject to hydrolysis) is 1. The predicted octanol–water partition coefficient (Wildman–Crippen LogP) is 1.45. The summed E-state index contributed by atoms with van der Waals surface area (Å²) in [6.07, 6.45) is 3.99. The summed E-state index contributed by atoms with van der Waals surface area (Å²) in [5.74, 6) is 0. The molecule has 1 aromatic heterocycles. The summed E-state index contributed by atoms with van der Waals surface area (Å²) in [6, 6.07) is 0.190. The molecule has 0 aliphatic rings. The predicted molar refractivity (Wildman–Crippen MR) is 74.0 cm³/mol. The Labute approximate surface area is 114 Å². The highest BCUT2D eigenvalue weighted by Crippen LogP contribution is 2.06. The van der Waals surface area contributed by atoms with E-state index in [1.807, 2.05) is 33.9 Å². The SMILES string of the molecule is CC(CNC(=O)OC(C)(C)C)NCCc1cnc[nH]1. The fourth-order valence-electron chi connectivity index (χ4n) is 1.50. The summed E-state index contributed by atoms with van der Waals surface area (Å²) < 4.78 is 5.16. The summed E-state index contributed by atoms with van der Waals surface area (Å²) in [4.78, 5) is 18.5. The van der Waals surface area contributed by atoms with Gasteiger partial charge in [0.2, 0.25) is 0 Å². The molecule has 6 heteroatoms. The third-order valence-electron chi connectivity index (χ3n) is 2.39. The van der Waals surface area contributed by atoms with Crippen LogP contribution in [0.1, 0.15) is 33.4 Å². The first-order valence-corrected chi connectivity index (χ1v) is 6.54. The lowest BCUT2D eigenvalue weighted by molar-refractivity contribution is 0.0523. The minimum Gasteiger partial charge on any atom is -0.444 e. The number of nitrogens with zero attached hydrogens (tertiary/aromatic N) is 1. The second-order valence-electron chi connectivity index (χ2n) is 5.56. The summed E-state index contributed by atoms with van der Waals surface area (Å²) in [7, 11) is 0. The maximum absolute atomic E-state index is 11.4. The van der Waals surface area contributed by atoms with Gasteiger partial charge in [0.05, 0.1) is 6.33 Å². The molecule has 1 amide bonds. The zero-order chi connectivity index (χ0) is 14.3. The fourth-order valence-corrected chi connectivity index (χ4v) is 1.50. The number of amides is 1. The first-order valence-electron chi connectivity index (χ1n) is 6.54. The van der Waals surface area contributed by atoms with Gasteiger partial charge in [-0.1, -0.05) is 0 Å². The molecule has 0 radical (unpaired) electrons. The molecule has 19 heavy (non-hydrogen) atoms. The van der Waals surface area contributed by atoms with Crippen LogP contribution in [0.5, 0.6) is 0 Å². The molecule has 0 aliphatic heterocycles. The van der Waals surface area contributed by atoms with E-state index in [1.54, 1.807) is 6.33 Å². The Morgan fingerprint density at radius 3 is 2.84 bits per heavy atom. The third kappa shape index (κ3) is 7.46. The molecular weight excluding hydrogens is 244 g/mol. The number of carbonyl (C=O) groups is 1. The van der Waals surface area contributed by atoms with Gasteiger partial charge in [0.1, 0.15) is 5.60 Å². The number of ether oxygens (including phenoxy) is 1. The molecule has 108 valence electrons. The van der Waals surface area contributed by atoms with Gasteiger partial charge in [0.15, 0.2) is 0 Å². The van der Waals surface area contributed by atoms with Crippen molar-refractivity contribution in [3.63, 3.8) is 0 Å². The van der Waals surface area contributed by atoms with Crippen molar-refractivity contribution in [2.45, 2.75) is 45.8 Å². The molecule has 0 saturated heterocycles. The smallest absolute Gasteiger partial charge is 0.407 e. The molecular formula is C13H24N4O2. The van der Waals surface area contributed by atoms with Gasteiger partial charge in [-0.15, -0.1) is 0 Å². The van der Waals surface area contributed by atoms with Crippen LogP contribution in [0, 0.1) is 0 Å². The molecule has 6 nitrogen and oxygen atoms in total. The molecule has 0 bridgehead atoms. The number of hydrogen-bond donors (Lipinski definition) is 3. The van der Waals surface area contributed by atoms with Crippen LogP contribution < -0.4 is 10.6 Å². The highest BCUT2D eigenvalue weighted by molar-refractivity contribution is 5.67. The normalized spacial score (nSPS) is 13.1. The highest BCUT2D eigenvalue weighted by Gasteiger charge is 2.16. The Kier molecular flexibility index (Phi) is 5.82. The molecule has 0 aliphatic carbocycles. The second-order valence-corrected chi connectivity index (χ2v) is 5.56. The number of imidazole rings is 1. The van der Waals surface area contributed by atoms with Crippen LogP contribution in [0.3, 0.4) is 0 Å². The average molecular weight is 268 g/mol. The largest absolute Gasteiger partial charge is 0.444 e. The number of hydrogen-bond acceptors (Lipinski definition) is 4. The molecule has 3 N–H and O–H groups in total. The average Bonchev–Trinajstić information content (AvgIpc) is 2.77. The number of carbonyl (C=O) groups excluding carboxylic acids is 1. The maximum atomic E-state index is 11.4. The lowest BCUT2D eigenvalue weighted by Crippen LogP contribution is -2.41. The summed E-state index contributed by atoms with van der Waals surface area (Å²) in [5, 5.41) is 6.06. The lowest BCUT2D eigenvalue weighted by atomic mass is 10.2. The molecule has 0 saturated carbocycles. The van der Waals surface area contributed by atoms with Gasteiger partial charge < -0.3 is 20.4 Å². The summed E-state index contributed by atoms with van der Waals surface area (Å²) in [6.45, 7) is 8.93. The van der Waals surface area contributed by atoms with E-state index in [-0.39, 0.29) is 12.1 Å². The van der Waals surface area contributed by atoms with E-state index in [0.29, 0.717) is 6.54 Å². The lowest BCUT2D eigenvalue weighted by Gasteiger charge is -2.21. The summed E-state index contributed by atoms with van der Waals surface area (Å²) >= 11 is 0. The zero-order valence-corrected chi connectivity index (χ0v) is 12.1. The van der Waals surface area contributed by atoms with E-state index in [9.17, 15) is 4.79 Å². The molecule has 0 spiro atoms. The van der Waals surface area contributed by atoms with Gasteiger partial charge in [-0.3, -0.25) is 0 Å².